The lowest BCUT2D eigenvalue weighted by molar-refractivity contribution is -0.135. The molecule has 0 aliphatic heterocycles. The van der Waals surface area contributed by atoms with E-state index in [1.54, 1.807) is 55.3 Å². The van der Waals surface area contributed by atoms with Gasteiger partial charge in [0.1, 0.15) is 11.9 Å². The van der Waals surface area contributed by atoms with Gasteiger partial charge < -0.3 is 4.90 Å². The predicted octanol–water partition coefficient (Wildman–Crippen LogP) is 3.64. The third-order valence-electron chi connectivity index (χ3n) is 4.50. The molecule has 0 bridgehead atoms. The maximum atomic E-state index is 14.3. The molecule has 1 heterocycles. The van der Waals surface area contributed by atoms with Gasteiger partial charge in [0, 0.05) is 36.9 Å². The number of aromatic nitrogens is 1. The fourth-order valence-electron chi connectivity index (χ4n) is 3.20. The molecule has 0 N–H and O–H groups in total. The second-order valence-electron chi connectivity index (χ2n) is 6.60. The van der Waals surface area contributed by atoms with E-state index in [9.17, 15) is 9.18 Å². The zero-order chi connectivity index (χ0) is 18.7. The number of pyridine rings is 1. The first-order chi connectivity index (χ1) is 12.5. The van der Waals surface area contributed by atoms with Crippen molar-refractivity contribution in [2.45, 2.75) is 12.6 Å². The number of hydrogen-bond acceptors (Lipinski definition) is 3. The number of carbonyl (C=O) groups is 1. The van der Waals surface area contributed by atoms with Gasteiger partial charge in [0.2, 0.25) is 5.91 Å². The van der Waals surface area contributed by atoms with E-state index < -0.39 is 6.04 Å². The molecule has 1 atom stereocenters. The van der Waals surface area contributed by atoms with Gasteiger partial charge in [-0.25, -0.2) is 4.39 Å². The van der Waals surface area contributed by atoms with E-state index in [4.69, 9.17) is 0 Å². The Kier molecular flexibility index (Phi) is 5.28. The maximum absolute atomic E-state index is 14.3. The maximum Gasteiger partial charge on any atom is 0.244 e. The summed E-state index contributed by atoms with van der Waals surface area (Å²) in [5.74, 6) is -0.518. The Morgan fingerprint density at radius 3 is 2.58 bits per heavy atom. The zero-order valence-corrected chi connectivity index (χ0v) is 15.2. The lowest BCUT2D eigenvalue weighted by atomic mass is 10.0. The van der Waals surface area contributed by atoms with Gasteiger partial charge in [-0.15, -0.1) is 0 Å². The van der Waals surface area contributed by atoms with Crippen LogP contribution in [0.5, 0.6) is 0 Å². The van der Waals surface area contributed by atoms with E-state index in [1.807, 2.05) is 30.5 Å². The quantitative estimate of drug-likeness (QED) is 0.704. The van der Waals surface area contributed by atoms with Crippen LogP contribution < -0.4 is 0 Å². The van der Waals surface area contributed by atoms with Crippen molar-refractivity contribution in [3.63, 3.8) is 0 Å². The van der Waals surface area contributed by atoms with E-state index in [0.29, 0.717) is 12.1 Å². The topological polar surface area (TPSA) is 36.4 Å². The standard InChI is InChI=1S/C21H22FN3O/c1-24(2)20(18-9-4-5-10-19(18)22)21(26)25(3)14-16-8-6-7-15-13-23-12-11-17(15)16/h4-13,20H,14H2,1-3H3/t20-/m0/s1. The molecular weight excluding hydrogens is 329 g/mol. The summed E-state index contributed by atoms with van der Waals surface area (Å²) in [6, 6.07) is 13.7. The molecule has 0 spiro atoms. The molecule has 0 aliphatic rings. The van der Waals surface area contributed by atoms with Gasteiger partial charge in [-0.2, -0.15) is 0 Å². The highest BCUT2D eigenvalue weighted by atomic mass is 19.1. The summed E-state index contributed by atoms with van der Waals surface area (Å²) in [7, 11) is 5.32. The molecule has 134 valence electrons. The van der Waals surface area contributed by atoms with Crippen molar-refractivity contribution >= 4 is 16.7 Å². The minimum Gasteiger partial charge on any atom is -0.340 e. The number of carbonyl (C=O) groups excluding carboxylic acids is 1. The minimum atomic E-state index is -0.669. The van der Waals surface area contributed by atoms with Gasteiger partial charge in [-0.05, 0) is 37.2 Å². The van der Waals surface area contributed by atoms with E-state index in [1.165, 1.54) is 6.07 Å². The van der Waals surface area contributed by atoms with Crippen molar-refractivity contribution in [1.82, 2.24) is 14.8 Å². The van der Waals surface area contributed by atoms with Gasteiger partial charge in [0.25, 0.3) is 0 Å². The van der Waals surface area contributed by atoms with Gasteiger partial charge >= 0.3 is 0 Å². The van der Waals surface area contributed by atoms with Crippen LogP contribution in [0.3, 0.4) is 0 Å². The predicted molar refractivity (Wildman–Crippen MR) is 101 cm³/mol. The molecule has 3 rings (SSSR count). The summed E-state index contributed by atoms with van der Waals surface area (Å²) in [6.07, 6.45) is 3.55. The van der Waals surface area contributed by atoms with Crippen LogP contribution in [-0.2, 0) is 11.3 Å². The number of likely N-dealkylation sites (N-methyl/N-ethyl adjacent to an activating group) is 2. The molecule has 0 fully saturated rings. The van der Waals surface area contributed by atoms with E-state index in [2.05, 4.69) is 4.98 Å². The number of benzene rings is 2. The minimum absolute atomic E-state index is 0.147. The SMILES string of the molecule is CN(Cc1cccc2cnccc12)C(=O)[C@H](c1ccccc1F)N(C)C. The molecule has 26 heavy (non-hydrogen) atoms. The van der Waals surface area contributed by atoms with Crippen LogP contribution in [-0.4, -0.2) is 41.8 Å². The van der Waals surface area contributed by atoms with Crippen molar-refractivity contribution in [1.29, 1.82) is 0 Å². The second kappa shape index (κ2) is 7.62. The van der Waals surface area contributed by atoms with Crippen LogP contribution >= 0.6 is 0 Å². The summed E-state index contributed by atoms with van der Waals surface area (Å²) >= 11 is 0. The Balaban J connectivity index is 1.89. The Morgan fingerprint density at radius 2 is 1.85 bits per heavy atom. The Morgan fingerprint density at radius 1 is 1.08 bits per heavy atom. The van der Waals surface area contributed by atoms with Crippen LogP contribution in [0.15, 0.2) is 60.9 Å². The number of amides is 1. The Labute approximate surface area is 152 Å². The molecular formula is C21H22FN3O. The molecule has 3 aromatic rings. The van der Waals surface area contributed by atoms with Crippen molar-refractivity contribution < 1.29 is 9.18 Å². The van der Waals surface area contributed by atoms with Crippen LogP contribution in [0.1, 0.15) is 17.2 Å². The molecule has 0 saturated carbocycles. The number of fused-ring (bicyclic) bond motifs is 1. The lowest BCUT2D eigenvalue weighted by Crippen LogP contribution is -2.38. The second-order valence-corrected chi connectivity index (χ2v) is 6.60. The van der Waals surface area contributed by atoms with Gasteiger partial charge in [0.05, 0.1) is 0 Å². The first-order valence-electron chi connectivity index (χ1n) is 8.46. The smallest absolute Gasteiger partial charge is 0.244 e. The Bertz CT molecular complexity index is 921. The van der Waals surface area contributed by atoms with Crippen molar-refractivity contribution in [3.05, 3.63) is 77.9 Å². The zero-order valence-electron chi connectivity index (χ0n) is 15.2. The number of halogens is 1. The third-order valence-corrected chi connectivity index (χ3v) is 4.50. The van der Waals surface area contributed by atoms with Crippen molar-refractivity contribution in [3.8, 4) is 0 Å². The van der Waals surface area contributed by atoms with Gasteiger partial charge in [0.15, 0.2) is 0 Å². The van der Waals surface area contributed by atoms with Gasteiger partial charge in [-0.1, -0.05) is 36.4 Å². The highest BCUT2D eigenvalue weighted by Crippen LogP contribution is 2.25. The van der Waals surface area contributed by atoms with Crippen molar-refractivity contribution in [2.75, 3.05) is 21.1 Å². The summed E-state index contributed by atoms with van der Waals surface area (Å²) in [4.78, 5) is 20.6. The molecule has 4 nitrogen and oxygen atoms in total. The van der Waals surface area contributed by atoms with E-state index in [0.717, 1.165) is 16.3 Å². The summed E-state index contributed by atoms with van der Waals surface area (Å²) in [6.45, 7) is 0.443. The molecule has 2 aromatic carbocycles. The molecule has 0 aliphatic carbocycles. The number of rotatable bonds is 5. The monoisotopic (exact) mass is 351 g/mol. The molecule has 0 radical (unpaired) electrons. The average molecular weight is 351 g/mol. The van der Waals surface area contributed by atoms with Gasteiger partial charge in [-0.3, -0.25) is 14.7 Å². The number of nitrogens with zero attached hydrogens (tertiary/aromatic N) is 3. The lowest BCUT2D eigenvalue weighted by Gasteiger charge is -2.29. The number of hydrogen-bond donors (Lipinski definition) is 0. The fraction of sp³-hybridized carbons (Fsp3) is 0.238. The largest absolute Gasteiger partial charge is 0.340 e. The van der Waals surface area contributed by atoms with Crippen molar-refractivity contribution in [2.24, 2.45) is 0 Å². The van der Waals surface area contributed by atoms with Crippen LogP contribution in [0, 0.1) is 5.82 Å². The third kappa shape index (κ3) is 3.58. The molecule has 1 aromatic heterocycles. The molecule has 0 saturated heterocycles. The summed E-state index contributed by atoms with van der Waals surface area (Å²) in [5, 5.41) is 2.10. The summed E-state index contributed by atoms with van der Waals surface area (Å²) in [5.41, 5.74) is 1.42. The average Bonchev–Trinajstić information content (AvgIpc) is 2.63. The molecule has 1 amide bonds. The summed E-state index contributed by atoms with van der Waals surface area (Å²) < 4.78 is 14.3. The fourth-order valence-corrected chi connectivity index (χ4v) is 3.20. The highest BCUT2D eigenvalue weighted by Gasteiger charge is 2.28. The van der Waals surface area contributed by atoms with Crippen LogP contribution in [0.25, 0.3) is 10.8 Å². The molecule has 5 heteroatoms. The Hall–Kier alpha value is -2.79. The first kappa shape index (κ1) is 18.0. The highest BCUT2D eigenvalue weighted by molar-refractivity contribution is 5.86. The van der Waals surface area contributed by atoms with Crippen LogP contribution in [0.4, 0.5) is 4.39 Å². The molecule has 0 unspecified atom stereocenters. The van der Waals surface area contributed by atoms with E-state index >= 15 is 0 Å². The van der Waals surface area contributed by atoms with Crippen LogP contribution in [0.2, 0.25) is 0 Å². The van der Waals surface area contributed by atoms with E-state index in [-0.39, 0.29) is 11.7 Å². The first-order valence-corrected chi connectivity index (χ1v) is 8.46. The normalized spacial score (nSPS) is 12.3.